The number of ether oxygens (including phenoxy) is 3. The molecule has 4 nitrogen and oxygen atoms in total. The Labute approximate surface area is 166 Å². The molecule has 1 aliphatic heterocycles. The van der Waals surface area contributed by atoms with E-state index in [0.29, 0.717) is 19.8 Å². The van der Waals surface area contributed by atoms with Gasteiger partial charge in [-0.15, -0.1) is 0 Å². The maximum Gasteiger partial charge on any atom is 0.222 e. The van der Waals surface area contributed by atoms with Crippen LogP contribution in [0.3, 0.4) is 0 Å². The zero-order valence-electron chi connectivity index (χ0n) is 15.8. The van der Waals surface area contributed by atoms with Crippen molar-refractivity contribution in [1.82, 2.24) is 5.32 Å². The van der Waals surface area contributed by atoms with Crippen LogP contribution in [0.15, 0.2) is 91.0 Å². The summed E-state index contributed by atoms with van der Waals surface area (Å²) in [7, 11) is 0. The molecule has 3 aromatic carbocycles. The smallest absolute Gasteiger partial charge is 0.222 e. The highest BCUT2D eigenvalue weighted by atomic mass is 16.7. The minimum absolute atomic E-state index is 0.0304. The largest absolute Gasteiger partial charge is 0.492 e. The van der Waals surface area contributed by atoms with E-state index in [-0.39, 0.29) is 6.10 Å². The molecular formula is C24H25NO3. The van der Waals surface area contributed by atoms with Crippen LogP contribution in [0, 0.1) is 0 Å². The van der Waals surface area contributed by atoms with Crippen molar-refractivity contribution in [2.24, 2.45) is 0 Å². The lowest BCUT2D eigenvalue weighted by Crippen LogP contribution is -2.34. The van der Waals surface area contributed by atoms with Crippen molar-refractivity contribution >= 4 is 0 Å². The van der Waals surface area contributed by atoms with Crippen molar-refractivity contribution in [1.29, 1.82) is 0 Å². The van der Waals surface area contributed by atoms with Crippen LogP contribution in [-0.2, 0) is 15.3 Å². The highest BCUT2D eigenvalue weighted by Crippen LogP contribution is 2.40. The molecular weight excluding hydrogens is 350 g/mol. The van der Waals surface area contributed by atoms with Gasteiger partial charge in [-0.1, -0.05) is 78.9 Å². The van der Waals surface area contributed by atoms with Crippen LogP contribution in [0.2, 0.25) is 0 Å². The van der Waals surface area contributed by atoms with Crippen molar-refractivity contribution in [2.75, 3.05) is 26.3 Å². The Balaban J connectivity index is 1.35. The average molecular weight is 375 g/mol. The molecule has 0 aliphatic carbocycles. The first-order valence-corrected chi connectivity index (χ1v) is 9.68. The van der Waals surface area contributed by atoms with E-state index in [0.717, 1.165) is 23.4 Å². The second kappa shape index (κ2) is 9.02. The Hall–Kier alpha value is -2.66. The van der Waals surface area contributed by atoms with E-state index in [1.807, 2.05) is 66.7 Å². The summed E-state index contributed by atoms with van der Waals surface area (Å²) in [6.07, 6.45) is -0.0304. The molecule has 0 bridgehead atoms. The third-order valence-corrected chi connectivity index (χ3v) is 4.78. The molecule has 28 heavy (non-hydrogen) atoms. The Morgan fingerprint density at radius 1 is 0.821 bits per heavy atom. The second-order valence-electron chi connectivity index (χ2n) is 6.77. The van der Waals surface area contributed by atoms with Gasteiger partial charge in [-0.05, 0) is 12.1 Å². The van der Waals surface area contributed by atoms with E-state index >= 15 is 0 Å². The molecule has 1 fully saturated rings. The molecule has 1 aliphatic rings. The highest BCUT2D eigenvalue weighted by Gasteiger charge is 2.44. The Morgan fingerprint density at radius 2 is 1.39 bits per heavy atom. The first-order chi connectivity index (χ1) is 13.9. The van der Waals surface area contributed by atoms with Gasteiger partial charge >= 0.3 is 0 Å². The van der Waals surface area contributed by atoms with Gasteiger partial charge in [0.25, 0.3) is 0 Å². The van der Waals surface area contributed by atoms with Gasteiger partial charge in [-0.25, -0.2) is 0 Å². The van der Waals surface area contributed by atoms with E-state index in [1.165, 1.54) is 0 Å². The van der Waals surface area contributed by atoms with Crippen molar-refractivity contribution in [3.8, 4) is 5.75 Å². The van der Waals surface area contributed by atoms with Gasteiger partial charge in [0.05, 0.1) is 12.7 Å². The first kappa shape index (κ1) is 18.7. The molecule has 0 spiro atoms. The molecule has 4 rings (SSSR count). The van der Waals surface area contributed by atoms with Crippen molar-refractivity contribution in [2.45, 2.75) is 11.9 Å². The predicted octanol–water partition coefficient (Wildman–Crippen LogP) is 3.97. The van der Waals surface area contributed by atoms with Crippen LogP contribution in [-0.4, -0.2) is 32.4 Å². The van der Waals surface area contributed by atoms with Gasteiger partial charge in [0.1, 0.15) is 12.4 Å². The molecule has 0 amide bonds. The first-order valence-electron chi connectivity index (χ1n) is 9.68. The summed E-state index contributed by atoms with van der Waals surface area (Å²) >= 11 is 0. The second-order valence-corrected chi connectivity index (χ2v) is 6.77. The Bertz CT molecular complexity index is 800. The zero-order chi connectivity index (χ0) is 19.1. The molecule has 144 valence electrons. The summed E-state index contributed by atoms with van der Waals surface area (Å²) in [5, 5.41) is 3.41. The number of benzene rings is 3. The summed E-state index contributed by atoms with van der Waals surface area (Å²) in [6.45, 7) is 2.61. The van der Waals surface area contributed by atoms with Crippen molar-refractivity contribution in [3.63, 3.8) is 0 Å². The molecule has 1 atom stereocenters. The van der Waals surface area contributed by atoms with E-state index in [2.05, 4.69) is 29.6 Å². The molecule has 0 aromatic heterocycles. The summed E-state index contributed by atoms with van der Waals surface area (Å²) in [5.74, 6) is 0.0343. The molecule has 1 N–H and O–H groups in total. The fourth-order valence-corrected chi connectivity index (χ4v) is 3.42. The maximum absolute atomic E-state index is 6.46. The van der Waals surface area contributed by atoms with Crippen LogP contribution >= 0.6 is 0 Å². The predicted molar refractivity (Wildman–Crippen MR) is 109 cm³/mol. The fraction of sp³-hybridized carbons (Fsp3) is 0.250. The molecule has 0 unspecified atom stereocenters. The lowest BCUT2D eigenvalue weighted by atomic mass is 9.97. The van der Waals surface area contributed by atoms with Crippen LogP contribution < -0.4 is 10.1 Å². The van der Waals surface area contributed by atoms with Gasteiger partial charge in [0.15, 0.2) is 0 Å². The minimum Gasteiger partial charge on any atom is -0.492 e. The Morgan fingerprint density at radius 3 is 2.00 bits per heavy atom. The quantitative estimate of drug-likeness (QED) is 0.605. The van der Waals surface area contributed by atoms with Gasteiger partial charge < -0.3 is 19.5 Å². The normalized spacial score (nSPS) is 18.1. The number of para-hydroxylation sites is 1. The summed E-state index contributed by atoms with van der Waals surface area (Å²) in [4.78, 5) is 0. The third kappa shape index (κ3) is 4.25. The summed E-state index contributed by atoms with van der Waals surface area (Å²) in [5.41, 5.74) is 2.02. The van der Waals surface area contributed by atoms with Crippen LogP contribution in [0.4, 0.5) is 0 Å². The minimum atomic E-state index is -0.852. The monoisotopic (exact) mass is 375 g/mol. The van der Waals surface area contributed by atoms with Gasteiger partial charge in [-0.2, -0.15) is 0 Å². The highest BCUT2D eigenvalue weighted by molar-refractivity contribution is 5.34. The summed E-state index contributed by atoms with van der Waals surface area (Å²) < 4.78 is 18.4. The van der Waals surface area contributed by atoms with E-state index in [1.54, 1.807) is 0 Å². The molecule has 0 radical (unpaired) electrons. The van der Waals surface area contributed by atoms with Crippen LogP contribution in [0.5, 0.6) is 5.75 Å². The number of nitrogens with one attached hydrogen (secondary N) is 1. The zero-order valence-corrected chi connectivity index (χ0v) is 15.8. The number of hydrogen-bond donors (Lipinski definition) is 1. The number of hydrogen-bond acceptors (Lipinski definition) is 4. The van der Waals surface area contributed by atoms with E-state index < -0.39 is 5.79 Å². The van der Waals surface area contributed by atoms with Crippen LogP contribution in [0.1, 0.15) is 11.1 Å². The maximum atomic E-state index is 6.46. The van der Waals surface area contributed by atoms with Gasteiger partial charge in [0, 0.05) is 24.2 Å². The SMILES string of the molecule is c1ccc(OCCNC[C@H]2COC(c3ccccc3)(c3ccccc3)O2)cc1. The standard InChI is InChI=1S/C24H25NO3/c1-4-10-20(11-5-1)24(21-12-6-2-7-13-21)27-19-23(28-24)18-25-16-17-26-22-14-8-3-9-15-22/h1-15,23,25H,16-19H2/t23-/m0/s1. The molecule has 0 saturated carbocycles. The van der Waals surface area contributed by atoms with Crippen molar-refractivity contribution < 1.29 is 14.2 Å². The third-order valence-electron chi connectivity index (χ3n) is 4.78. The molecule has 1 saturated heterocycles. The fourth-order valence-electron chi connectivity index (χ4n) is 3.42. The van der Waals surface area contributed by atoms with E-state index in [4.69, 9.17) is 14.2 Å². The van der Waals surface area contributed by atoms with Crippen LogP contribution in [0.25, 0.3) is 0 Å². The summed E-state index contributed by atoms with van der Waals surface area (Å²) in [6, 6.07) is 30.1. The molecule has 3 aromatic rings. The molecule has 1 heterocycles. The average Bonchev–Trinajstić information content (AvgIpc) is 3.21. The van der Waals surface area contributed by atoms with E-state index in [9.17, 15) is 0 Å². The topological polar surface area (TPSA) is 39.7 Å². The van der Waals surface area contributed by atoms with Gasteiger partial charge in [0.2, 0.25) is 5.79 Å². The van der Waals surface area contributed by atoms with Crippen molar-refractivity contribution in [3.05, 3.63) is 102 Å². The van der Waals surface area contributed by atoms with Gasteiger partial charge in [-0.3, -0.25) is 0 Å². The lowest BCUT2D eigenvalue weighted by Gasteiger charge is -2.29. The lowest BCUT2D eigenvalue weighted by molar-refractivity contribution is -0.142. The number of rotatable bonds is 8. The Kier molecular flexibility index (Phi) is 6.02. The molecule has 4 heteroatoms.